The van der Waals surface area contributed by atoms with Gasteiger partial charge in [0.1, 0.15) is 6.10 Å². The van der Waals surface area contributed by atoms with E-state index in [2.05, 4.69) is 4.90 Å². The van der Waals surface area contributed by atoms with Crippen LogP contribution in [0.5, 0.6) is 0 Å². The van der Waals surface area contributed by atoms with Crippen LogP contribution in [0.15, 0.2) is 0 Å². The number of nitrogens with zero attached hydrogens (tertiary/aromatic N) is 2. The minimum Gasteiger partial charge on any atom is -0.377 e. The molecule has 3 aliphatic heterocycles. The lowest BCUT2D eigenvalue weighted by atomic mass is 10.1. The van der Waals surface area contributed by atoms with E-state index in [0.717, 1.165) is 51.9 Å². The van der Waals surface area contributed by atoms with Gasteiger partial charge in [0.05, 0.1) is 18.8 Å². The Bertz CT molecular complexity index is 379. The Kier molecular flexibility index (Phi) is 6.28. The molecule has 0 aromatic rings. The Balaban J connectivity index is 1.32. The number of hydrogen-bond acceptors (Lipinski definition) is 5. The third kappa shape index (κ3) is 4.66. The molecule has 0 radical (unpaired) electrons. The first-order chi connectivity index (χ1) is 11.3. The lowest BCUT2D eigenvalue weighted by molar-refractivity contribution is -0.145. The lowest BCUT2D eigenvalue weighted by Gasteiger charge is -2.33. The second-order valence-corrected chi connectivity index (χ2v) is 7.00. The molecule has 132 valence electrons. The molecule has 0 saturated carbocycles. The number of piperidine rings is 1. The summed E-state index contributed by atoms with van der Waals surface area (Å²) in [6.45, 7) is 6.42. The molecule has 2 N–H and O–H groups in total. The molecule has 0 unspecified atom stereocenters. The van der Waals surface area contributed by atoms with Gasteiger partial charge < -0.3 is 25.0 Å². The maximum atomic E-state index is 12.5. The molecule has 2 atom stereocenters. The zero-order valence-corrected chi connectivity index (χ0v) is 14.1. The van der Waals surface area contributed by atoms with Crippen LogP contribution in [0.2, 0.25) is 0 Å². The largest absolute Gasteiger partial charge is 0.377 e. The summed E-state index contributed by atoms with van der Waals surface area (Å²) in [5.41, 5.74) is 5.61. The van der Waals surface area contributed by atoms with E-state index in [9.17, 15) is 4.79 Å². The minimum absolute atomic E-state index is 0.0652. The van der Waals surface area contributed by atoms with Crippen LogP contribution < -0.4 is 5.73 Å². The molecule has 1 amide bonds. The van der Waals surface area contributed by atoms with Gasteiger partial charge in [0.15, 0.2) is 0 Å². The monoisotopic (exact) mass is 325 g/mol. The van der Waals surface area contributed by atoms with Crippen molar-refractivity contribution in [2.75, 3.05) is 45.9 Å². The van der Waals surface area contributed by atoms with E-state index >= 15 is 0 Å². The Morgan fingerprint density at radius 2 is 1.83 bits per heavy atom. The Morgan fingerprint density at radius 1 is 1.09 bits per heavy atom. The zero-order chi connectivity index (χ0) is 16.1. The molecule has 23 heavy (non-hydrogen) atoms. The van der Waals surface area contributed by atoms with Crippen molar-refractivity contribution in [1.29, 1.82) is 0 Å². The maximum Gasteiger partial charge on any atom is 0.251 e. The number of hydrogen-bond donors (Lipinski definition) is 1. The van der Waals surface area contributed by atoms with Crippen LogP contribution in [-0.2, 0) is 14.3 Å². The molecule has 3 fully saturated rings. The van der Waals surface area contributed by atoms with E-state index in [-0.39, 0.29) is 18.1 Å². The highest BCUT2D eigenvalue weighted by Crippen LogP contribution is 2.23. The fraction of sp³-hybridized carbons (Fsp3) is 0.941. The summed E-state index contributed by atoms with van der Waals surface area (Å²) in [5, 5.41) is 0. The predicted octanol–water partition coefficient (Wildman–Crippen LogP) is 0.596. The van der Waals surface area contributed by atoms with Crippen molar-refractivity contribution in [2.45, 2.75) is 56.8 Å². The van der Waals surface area contributed by atoms with Crippen molar-refractivity contribution in [3.8, 4) is 0 Å². The number of amides is 1. The highest BCUT2D eigenvalue weighted by atomic mass is 16.5. The quantitative estimate of drug-likeness (QED) is 0.774. The summed E-state index contributed by atoms with van der Waals surface area (Å²) < 4.78 is 11.7. The summed E-state index contributed by atoms with van der Waals surface area (Å²) in [4.78, 5) is 16.9. The highest BCUT2D eigenvalue weighted by Gasteiger charge is 2.34. The first-order valence-corrected chi connectivity index (χ1v) is 9.24. The number of rotatable bonds is 6. The molecule has 6 heteroatoms. The fourth-order valence-electron chi connectivity index (χ4n) is 3.86. The third-order valence-electron chi connectivity index (χ3n) is 5.36. The van der Waals surface area contributed by atoms with Gasteiger partial charge >= 0.3 is 0 Å². The maximum absolute atomic E-state index is 12.5. The molecule has 0 aliphatic carbocycles. The standard InChI is InChI=1S/C17H31N3O3/c18-13-15-3-4-16(23-15)17(21)20-9-5-14(6-10-20)22-12-11-19-7-1-2-8-19/h14-16H,1-13,18H2/t15-,16+/m1/s1. The normalized spacial score (nSPS) is 30.2. The van der Waals surface area contributed by atoms with Gasteiger partial charge in [0.2, 0.25) is 0 Å². The van der Waals surface area contributed by atoms with Gasteiger partial charge in [-0.1, -0.05) is 0 Å². The van der Waals surface area contributed by atoms with E-state index in [4.69, 9.17) is 15.2 Å². The summed E-state index contributed by atoms with van der Waals surface area (Å²) in [5.74, 6) is 0.150. The SMILES string of the molecule is NC[C@H]1CC[C@@H](C(=O)N2CCC(OCCN3CCCC3)CC2)O1. The number of nitrogens with two attached hydrogens (primary N) is 1. The van der Waals surface area contributed by atoms with Crippen molar-refractivity contribution in [1.82, 2.24) is 9.80 Å². The third-order valence-corrected chi connectivity index (χ3v) is 5.36. The van der Waals surface area contributed by atoms with Gasteiger partial charge in [-0.05, 0) is 51.6 Å². The predicted molar refractivity (Wildman–Crippen MR) is 88.2 cm³/mol. The fourth-order valence-corrected chi connectivity index (χ4v) is 3.86. The van der Waals surface area contributed by atoms with Crippen LogP contribution in [0.25, 0.3) is 0 Å². The molecule has 0 aromatic carbocycles. The Hall–Kier alpha value is -0.690. The summed E-state index contributed by atoms with van der Waals surface area (Å²) in [7, 11) is 0. The minimum atomic E-state index is -0.267. The molecule has 3 saturated heterocycles. The number of carbonyl (C=O) groups is 1. The van der Waals surface area contributed by atoms with Crippen molar-refractivity contribution in [3.63, 3.8) is 0 Å². The summed E-state index contributed by atoms with van der Waals surface area (Å²) in [6.07, 6.45) is 6.37. The molecule has 6 nitrogen and oxygen atoms in total. The zero-order valence-electron chi connectivity index (χ0n) is 14.1. The van der Waals surface area contributed by atoms with E-state index < -0.39 is 0 Å². The van der Waals surface area contributed by atoms with Crippen LogP contribution >= 0.6 is 0 Å². The molecular formula is C17H31N3O3. The molecule has 3 heterocycles. The average molecular weight is 325 g/mol. The average Bonchev–Trinajstić information content (AvgIpc) is 3.26. The van der Waals surface area contributed by atoms with E-state index in [1.807, 2.05) is 4.90 Å². The highest BCUT2D eigenvalue weighted by molar-refractivity contribution is 5.81. The molecule has 0 spiro atoms. The smallest absolute Gasteiger partial charge is 0.251 e. The number of carbonyl (C=O) groups excluding carboxylic acids is 1. The first-order valence-electron chi connectivity index (χ1n) is 9.24. The van der Waals surface area contributed by atoms with Crippen molar-refractivity contribution in [2.24, 2.45) is 5.73 Å². The van der Waals surface area contributed by atoms with E-state index in [1.165, 1.54) is 25.9 Å². The molecule has 0 aromatic heterocycles. The Morgan fingerprint density at radius 3 is 2.48 bits per heavy atom. The van der Waals surface area contributed by atoms with Crippen molar-refractivity contribution >= 4 is 5.91 Å². The van der Waals surface area contributed by atoms with Crippen LogP contribution in [0.1, 0.15) is 38.5 Å². The summed E-state index contributed by atoms with van der Waals surface area (Å²) >= 11 is 0. The van der Waals surface area contributed by atoms with Gasteiger partial charge in [0.25, 0.3) is 5.91 Å². The van der Waals surface area contributed by atoms with Crippen LogP contribution in [0.4, 0.5) is 0 Å². The van der Waals surface area contributed by atoms with Gasteiger partial charge in [-0.3, -0.25) is 4.79 Å². The van der Waals surface area contributed by atoms with E-state index in [0.29, 0.717) is 12.6 Å². The van der Waals surface area contributed by atoms with Gasteiger partial charge in [-0.2, -0.15) is 0 Å². The lowest BCUT2D eigenvalue weighted by Crippen LogP contribution is -2.45. The molecule has 3 aliphatic rings. The van der Waals surface area contributed by atoms with Crippen molar-refractivity contribution < 1.29 is 14.3 Å². The van der Waals surface area contributed by atoms with Crippen LogP contribution in [0, 0.1) is 0 Å². The molecule has 3 rings (SSSR count). The van der Waals surface area contributed by atoms with Gasteiger partial charge in [-0.15, -0.1) is 0 Å². The first kappa shape index (κ1) is 17.1. The number of ether oxygens (including phenoxy) is 2. The second kappa shape index (κ2) is 8.42. The summed E-state index contributed by atoms with van der Waals surface area (Å²) in [6, 6.07) is 0. The topological polar surface area (TPSA) is 68.0 Å². The molecular weight excluding hydrogens is 294 g/mol. The second-order valence-electron chi connectivity index (χ2n) is 7.00. The van der Waals surface area contributed by atoms with Gasteiger partial charge in [-0.25, -0.2) is 0 Å². The number of likely N-dealkylation sites (tertiary alicyclic amines) is 2. The van der Waals surface area contributed by atoms with Crippen molar-refractivity contribution in [3.05, 3.63) is 0 Å². The van der Waals surface area contributed by atoms with E-state index in [1.54, 1.807) is 0 Å². The van der Waals surface area contributed by atoms with Crippen LogP contribution in [0.3, 0.4) is 0 Å². The molecule has 0 bridgehead atoms. The van der Waals surface area contributed by atoms with Gasteiger partial charge in [0, 0.05) is 26.2 Å². The van der Waals surface area contributed by atoms with Crippen LogP contribution in [-0.4, -0.2) is 79.9 Å². The Labute approximate surface area is 139 Å².